The second-order valence-corrected chi connectivity index (χ2v) is 6.70. The number of nitrogens with zero attached hydrogens (tertiary/aromatic N) is 2. The van der Waals surface area contributed by atoms with Crippen LogP contribution in [0.3, 0.4) is 0 Å². The maximum Gasteiger partial charge on any atom is 0.251 e. The summed E-state index contributed by atoms with van der Waals surface area (Å²) in [6.45, 7) is 2.80. The third-order valence-corrected chi connectivity index (χ3v) is 4.23. The van der Waals surface area contributed by atoms with Gasteiger partial charge in [-0.2, -0.15) is 4.98 Å². The Balaban J connectivity index is 1.53. The predicted octanol–water partition coefficient (Wildman–Crippen LogP) is 4.03. The summed E-state index contributed by atoms with van der Waals surface area (Å²) in [4.78, 5) is 21.0. The molecule has 0 saturated heterocycles. The van der Waals surface area contributed by atoms with Gasteiger partial charge in [0.05, 0.1) is 7.11 Å². The van der Waals surface area contributed by atoms with Crippen LogP contribution in [0.1, 0.15) is 16.1 Å². The minimum atomic E-state index is -0.179. The molecule has 8 heteroatoms. The second kappa shape index (κ2) is 9.75. The Labute approximate surface area is 174 Å². The third-order valence-electron chi connectivity index (χ3n) is 4.00. The van der Waals surface area contributed by atoms with Gasteiger partial charge in [-0.05, 0) is 49.4 Å². The maximum absolute atomic E-state index is 12.1. The fourth-order valence-corrected chi connectivity index (χ4v) is 2.81. The van der Waals surface area contributed by atoms with Crippen LogP contribution < -0.4 is 20.7 Å². The minimum absolute atomic E-state index is 0.179. The van der Waals surface area contributed by atoms with Crippen molar-refractivity contribution in [1.29, 1.82) is 0 Å². The van der Waals surface area contributed by atoms with Gasteiger partial charge in [0.15, 0.2) is 0 Å². The van der Waals surface area contributed by atoms with E-state index < -0.39 is 0 Å². The van der Waals surface area contributed by atoms with E-state index in [4.69, 9.17) is 16.3 Å². The minimum Gasteiger partial charge on any atom is -0.497 e. The first-order chi connectivity index (χ1) is 14.0. The first-order valence-corrected chi connectivity index (χ1v) is 9.46. The van der Waals surface area contributed by atoms with Crippen molar-refractivity contribution in [2.45, 2.75) is 6.92 Å². The maximum atomic E-state index is 12.1. The first kappa shape index (κ1) is 20.4. The van der Waals surface area contributed by atoms with Crippen molar-refractivity contribution in [2.24, 2.45) is 0 Å². The molecule has 3 rings (SSSR count). The topological polar surface area (TPSA) is 88.2 Å². The number of amides is 1. The molecule has 3 aromatic rings. The lowest BCUT2D eigenvalue weighted by molar-refractivity contribution is 0.0955. The van der Waals surface area contributed by atoms with E-state index in [2.05, 4.69) is 25.9 Å². The van der Waals surface area contributed by atoms with Crippen molar-refractivity contribution in [2.75, 3.05) is 30.8 Å². The van der Waals surface area contributed by atoms with E-state index in [9.17, 15) is 4.79 Å². The van der Waals surface area contributed by atoms with E-state index in [1.54, 1.807) is 31.4 Å². The average molecular weight is 412 g/mol. The fraction of sp³-hybridized carbons (Fsp3) is 0.190. The van der Waals surface area contributed by atoms with E-state index in [0.29, 0.717) is 35.4 Å². The van der Waals surface area contributed by atoms with Crippen molar-refractivity contribution in [3.63, 3.8) is 0 Å². The van der Waals surface area contributed by atoms with Crippen LogP contribution in [0.25, 0.3) is 0 Å². The Kier molecular flexibility index (Phi) is 6.86. The number of aryl methyl sites for hydroxylation is 1. The number of ether oxygens (including phenoxy) is 1. The fourth-order valence-electron chi connectivity index (χ4n) is 2.62. The Hall–Kier alpha value is -3.32. The molecule has 0 aliphatic carbocycles. The molecule has 150 valence electrons. The number of hydrogen-bond donors (Lipinski definition) is 3. The van der Waals surface area contributed by atoms with Crippen molar-refractivity contribution < 1.29 is 9.53 Å². The summed E-state index contributed by atoms with van der Waals surface area (Å²) in [7, 11) is 1.63. The molecular weight excluding hydrogens is 390 g/mol. The molecule has 1 heterocycles. The van der Waals surface area contributed by atoms with Gasteiger partial charge in [0.1, 0.15) is 11.6 Å². The molecule has 29 heavy (non-hydrogen) atoms. The smallest absolute Gasteiger partial charge is 0.251 e. The van der Waals surface area contributed by atoms with Crippen LogP contribution in [0.2, 0.25) is 5.02 Å². The number of halogens is 1. The summed E-state index contributed by atoms with van der Waals surface area (Å²) >= 11 is 5.91. The molecule has 0 fully saturated rings. The van der Waals surface area contributed by atoms with Gasteiger partial charge in [-0.15, -0.1) is 0 Å². The lowest BCUT2D eigenvalue weighted by Crippen LogP contribution is -2.29. The van der Waals surface area contributed by atoms with Gasteiger partial charge >= 0.3 is 0 Å². The molecule has 1 amide bonds. The molecule has 0 unspecified atom stereocenters. The number of hydrogen-bond acceptors (Lipinski definition) is 6. The molecule has 7 nitrogen and oxygen atoms in total. The molecular formula is C21H22ClN5O2. The van der Waals surface area contributed by atoms with Crippen molar-refractivity contribution in [3.8, 4) is 5.75 Å². The number of nitrogens with one attached hydrogen (secondary N) is 3. The van der Waals surface area contributed by atoms with Gasteiger partial charge in [0.2, 0.25) is 5.95 Å². The van der Waals surface area contributed by atoms with Crippen LogP contribution in [0.4, 0.5) is 17.5 Å². The summed E-state index contributed by atoms with van der Waals surface area (Å²) in [5, 5.41) is 9.73. The van der Waals surface area contributed by atoms with E-state index in [1.807, 2.05) is 37.3 Å². The Morgan fingerprint density at radius 3 is 2.59 bits per heavy atom. The third kappa shape index (κ3) is 6.08. The summed E-state index contributed by atoms with van der Waals surface area (Å²) in [6.07, 6.45) is 0. The van der Waals surface area contributed by atoms with Gasteiger partial charge in [-0.3, -0.25) is 4.79 Å². The number of anilines is 3. The van der Waals surface area contributed by atoms with E-state index in [-0.39, 0.29) is 5.91 Å². The largest absolute Gasteiger partial charge is 0.497 e. The zero-order valence-corrected chi connectivity index (χ0v) is 17.0. The average Bonchev–Trinajstić information content (AvgIpc) is 2.71. The van der Waals surface area contributed by atoms with Crippen LogP contribution in [-0.4, -0.2) is 36.1 Å². The quantitative estimate of drug-likeness (QED) is 0.485. The lowest BCUT2D eigenvalue weighted by Gasteiger charge is -2.11. The highest BCUT2D eigenvalue weighted by Gasteiger charge is 2.06. The van der Waals surface area contributed by atoms with Crippen LogP contribution in [0.15, 0.2) is 54.6 Å². The number of rotatable bonds is 8. The summed E-state index contributed by atoms with van der Waals surface area (Å²) in [5.74, 6) is 1.77. The number of carbonyl (C=O) groups excluding carboxylic acids is 1. The normalized spacial score (nSPS) is 10.3. The van der Waals surface area contributed by atoms with Crippen molar-refractivity contribution >= 4 is 35.0 Å². The number of benzene rings is 2. The van der Waals surface area contributed by atoms with Crippen LogP contribution >= 0.6 is 11.6 Å². The molecule has 0 aliphatic rings. The van der Waals surface area contributed by atoms with Gasteiger partial charge in [0, 0.05) is 41.1 Å². The molecule has 0 aliphatic heterocycles. The molecule has 0 radical (unpaired) electrons. The van der Waals surface area contributed by atoms with E-state index in [1.165, 1.54) is 0 Å². The van der Waals surface area contributed by atoms with Crippen LogP contribution in [0, 0.1) is 6.92 Å². The van der Waals surface area contributed by atoms with Crippen molar-refractivity contribution in [3.05, 3.63) is 70.9 Å². The van der Waals surface area contributed by atoms with Crippen molar-refractivity contribution in [1.82, 2.24) is 15.3 Å². The summed E-state index contributed by atoms with van der Waals surface area (Å²) in [5.41, 5.74) is 2.24. The van der Waals surface area contributed by atoms with Gasteiger partial charge < -0.3 is 20.7 Å². The SMILES string of the molecule is COc1ccc(Nc2cc(C)nc(NCCNC(=O)c3cccc(Cl)c3)n2)cc1. The molecule has 0 saturated carbocycles. The molecule has 1 aromatic heterocycles. The van der Waals surface area contributed by atoms with E-state index >= 15 is 0 Å². The molecule has 0 atom stereocenters. The van der Waals surface area contributed by atoms with Crippen LogP contribution in [-0.2, 0) is 0 Å². The predicted molar refractivity (Wildman–Crippen MR) is 115 cm³/mol. The number of methoxy groups -OCH3 is 1. The first-order valence-electron chi connectivity index (χ1n) is 9.08. The summed E-state index contributed by atoms with van der Waals surface area (Å²) < 4.78 is 5.16. The lowest BCUT2D eigenvalue weighted by atomic mass is 10.2. The highest BCUT2D eigenvalue weighted by atomic mass is 35.5. The Morgan fingerprint density at radius 1 is 1.07 bits per heavy atom. The van der Waals surface area contributed by atoms with Crippen LogP contribution in [0.5, 0.6) is 5.75 Å². The Bertz CT molecular complexity index is 979. The highest BCUT2D eigenvalue weighted by molar-refractivity contribution is 6.30. The number of aromatic nitrogens is 2. The van der Waals surface area contributed by atoms with Gasteiger partial charge in [-0.25, -0.2) is 4.98 Å². The molecule has 0 spiro atoms. The highest BCUT2D eigenvalue weighted by Crippen LogP contribution is 2.20. The molecule has 2 aromatic carbocycles. The zero-order valence-electron chi connectivity index (χ0n) is 16.2. The zero-order chi connectivity index (χ0) is 20.6. The second-order valence-electron chi connectivity index (χ2n) is 6.26. The van der Waals surface area contributed by atoms with E-state index in [0.717, 1.165) is 17.1 Å². The molecule has 3 N–H and O–H groups in total. The van der Waals surface area contributed by atoms with Gasteiger partial charge in [-0.1, -0.05) is 17.7 Å². The Morgan fingerprint density at radius 2 is 1.86 bits per heavy atom. The molecule has 0 bridgehead atoms. The van der Waals surface area contributed by atoms with Gasteiger partial charge in [0.25, 0.3) is 5.91 Å². The monoisotopic (exact) mass is 411 g/mol. The standard InChI is InChI=1S/C21H22ClN5O2/c1-14-12-19(26-17-6-8-18(29-2)9-7-17)27-21(25-14)24-11-10-23-20(28)15-4-3-5-16(22)13-15/h3-9,12-13H,10-11H2,1-2H3,(H,23,28)(H2,24,25,26,27). The number of carbonyl (C=O) groups is 1. The summed E-state index contributed by atoms with van der Waals surface area (Å²) in [6, 6.07) is 16.2.